The first kappa shape index (κ1) is 13.6. The second-order valence-electron chi connectivity index (χ2n) is 3.19. The Balaban J connectivity index is 2.28. The molecule has 2 N–H and O–H groups in total. The maximum atomic E-state index is 11.2. The molecular formula is C10H13NO5P+. The van der Waals surface area contributed by atoms with E-state index in [-0.39, 0.29) is 6.61 Å². The van der Waals surface area contributed by atoms with Gasteiger partial charge < -0.3 is 4.74 Å². The Morgan fingerprint density at radius 2 is 2.12 bits per heavy atom. The van der Waals surface area contributed by atoms with Gasteiger partial charge in [-0.3, -0.25) is 5.32 Å². The summed E-state index contributed by atoms with van der Waals surface area (Å²) in [7, 11) is -2.74. The molecule has 1 aromatic carbocycles. The van der Waals surface area contributed by atoms with Crippen molar-refractivity contribution in [3.8, 4) is 0 Å². The molecule has 0 saturated carbocycles. The van der Waals surface area contributed by atoms with Gasteiger partial charge in [-0.05, 0) is 12.5 Å². The third-order valence-corrected chi connectivity index (χ3v) is 2.28. The minimum absolute atomic E-state index is 0.130. The van der Waals surface area contributed by atoms with Crippen LogP contribution < -0.4 is 5.32 Å². The molecule has 0 aliphatic rings. The Labute approximate surface area is 99.5 Å². The topological polar surface area (TPSA) is 84.9 Å². The van der Waals surface area contributed by atoms with Crippen molar-refractivity contribution in [2.75, 3.05) is 0 Å². The SMILES string of the molecule is CC(NC(=O)OCc1ccccc1)O[P+](=O)O. The lowest BCUT2D eigenvalue weighted by atomic mass is 10.2. The second-order valence-corrected chi connectivity index (χ2v) is 3.88. The summed E-state index contributed by atoms with van der Waals surface area (Å²) in [5.74, 6) is 0. The van der Waals surface area contributed by atoms with Crippen LogP contribution in [-0.2, 0) is 20.4 Å². The molecule has 0 aromatic heterocycles. The quantitative estimate of drug-likeness (QED) is 0.622. The van der Waals surface area contributed by atoms with Gasteiger partial charge in [-0.1, -0.05) is 34.9 Å². The first-order valence-corrected chi connectivity index (χ1v) is 6.01. The van der Waals surface area contributed by atoms with Crippen molar-refractivity contribution in [1.82, 2.24) is 5.32 Å². The van der Waals surface area contributed by atoms with E-state index in [1.165, 1.54) is 6.92 Å². The predicted molar refractivity (Wildman–Crippen MR) is 60.1 cm³/mol. The summed E-state index contributed by atoms with van der Waals surface area (Å²) in [6, 6.07) is 9.16. The molecule has 0 aliphatic carbocycles. The lowest BCUT2D eigenvalue weighted by molar-refractivity contribution is 0.110. The number of amides is 1. The monoisotopic (exact) mass is 258 g/mol. The number of ether oxygens (including phenoxy) is 1. The van der Waals surface area contributed by atoms with E-state index < -0.39 is 20.6 Å². The molecule has 0 heterocycles. The number of nitrogens with one attached hydrogen (secondary N) is 1. The summed E-state index contributed by atoms with van der Waals surface area (Å²) in [6.45, 7) is 1.55. The third-order valence-electron chi connectivity index (χ3n) is 1.78. The van der Waals surface area contributed by atoms with Crippen molar-refractivity contribution in [3.63, 3.8) is 0 Å². The van der Waals surface area contributed by atoms with E-state index in [4.69, 9.17) is 9.63 Å². The Morgan fingerprint density at radius 3 is 2.71 bits per heavy atom. The number of carbonyl (C=O) groups excluding carboxylic acids is 1. The molecule has 2 unspecified atom stereocenters. The standard InChI is InChI=1S/C10H12NO5P/c1-8(16-17(13)14)11-10(12)15-7-9-5-3-2-4-6-9/h2-6,8H,7H2,1H3,(H-,11,12,13,14)/p+1. The molecule has 1 aromatic rings. The first-order chi connectivity index (χ1) is 8.08. The number of alkyl carbamates (subject to hydrolysis) is 1. The number of carbonyl (C=O) groups is 1. The normalized spacial score (nSPS) is 12.7. The highest BCUT2D eigenvalue weighted by atomic mass is 31.1. The molecule has 0 radical (unpaired) electrons. The van der Waals surface area contributed by atoms with Gasteiger partial charge in [-0.15, -0.1) is 4.89 Å². The van der Waals surface area contributed by atoms with Gasteiger partial charge in [0, 0.05) is 4.57 Å². The second kappa shape index (κ2) is 6.96. The molecule has 0 aliphatic heterocycles. The average Bonchev–Trinajstić information content (AvgIpc) is 2.26. The molecule has 2 atom stereocenters. The molecule has 0 spiro atoms. The number of benzene rings is 1. The molecule has 6 nitrogen and oxygen atoms in total. The Kier molecular flexibility index (Phi) is 5.56. The van der Waals surface area contributed by atoms with Crippen LogP contribution in [0.1, 0.15) is 12.5 Å². The fraction of sp³-hybridized carbons (Fsp3) is 0.300. The van der Waals surface area contributed by atoms with Gasteiger partial charge in [0.2, 0.25) is 0 Å². The van der Waals surface area contributed by atoms with Crippen LogP contribution in [0.25, 0.3) is 0 Å². The van der Waals surface area contributed by atoms with Gasteiger partial charge in [0.05, 0.1) is 0 Å². The fourth-order valence-corrected chi connectivity index (χ4v) is 1.42. The Hall–Kier alpha value is -1.49. The van der Waals surface area contributed by atoms with E-state index in [0.717, 1.165) is 5.56 Å². The smallest absolute Gasteiger partial charge is 0.445 e. The first-order valence-electron chi connectivity index (χ1n) is 4.88. The van der Waals surface area contributed by atoms with Gasteiger partial charge in [-0.25, -0.2) is 4.79 Å². The van der Waals surface area contributed by atoms with E-state index in [1.54, 1.807) is 0 Å². The van der Waals surface area contributed by atoms with E-state index in [1.807, 2.05) is 30.3 Å². The Bertz CT molecular complexity index is 384. The van der Waals surface area contributed by atoms with Crippen molar-refractivity contribution >= 4 is 14.3 Å². The molecule has 0 fully saturated rings. The Morgan fingerprint density at radius 1 is 1.47 bits per heavy atom. The minimum atomic E-state index is -2.74. The molecule has 92 valence electrons. The number of rotatable bonds is 5. The van der Waals surface area contributed by atoms with Crippen molar-refractivity contribution in [2.45, 2.75) is 19.8 Å². The summed E-state index contributed by atoms with van der Waals surface area (Å²) in [5.41, 5.74) is 0.851. The van der Waals surface area contributed by atoms with Crippen LogP contribution >= 0.6 is 8.25 Å². The van der Waals surface area contributed by atoms with E-state index in [0.29, 0.717) is 0 Å². The zero-order valence-corrected chi connectivity index (χ0v) is 10.1. The maximum absolute atomic E-state index is 11.2. The van der Waals surface area contributed by atoms with E-state index in [2.05, 4.69) is 9.84 Å². The summed E-state index contributed by atoms with van der Waals surface area (Å²) < 4.78 is 19.6. The van der Waals surface area contributed by atoms with Crippen LogP contribution in [0.5, 0.6) is 0 Å². The third kappa shape index (κ3) is 5.97. The summed E-state index contributed by atoms with van der Waals surface area (Å²) in [4.78, 5) is 19.7. The van der Waals surface area contributed by atoms with Gasteiger partial charge in [-0.2, -0.15) is 0 Å². The summed E-state index contributed by atoms with van der Waals surface area (Å²) in [5, 5.41) is 2.25. The molecule has 7 heteroatoms. The van der Waals surface area contributed by atoms with Crippen molar-refractivity contribution in [2.24, 2.45) is 0 Å². The lowest BCUT2D eigenvalue weighted by Gasteiger charge is -2.08. The molecule has 0 bridgehead atoms. The zero-order chi connectivity index (χ0) is 12.7. The molecule has 17 heavy (non-hydrogen) atoms. The zero-order valence-electron chi connectivity index (χ0n) is 9.20. The number of hydrogen-bond donors (Lipinski definition) is 2. The predicted octanol–water partition coefficient (Wildman–Crippen LogP) is 1.93. The highest BCUT2D eigenvalue weighted by Gasteiger charge is 2.20. The van der Waals surface area contributed by atoms with E-state index >= 15 is 0 Å². The molecule has 1 amide bonds. The van der Waals surface area contributed by atoms with Crippen molar-refractivity contribution in [1.29, 1.82) is 0 Å². The van der Waals surface area contributed by atoms with Crippen LogP contribution in [0, 0.1) is 0 Å². The van der Waals surface area contributed by atoms with Crippen LogP contribution in [-0.4, -0.2) is 17.2 Å². The van der Waals surface area contributed by atoms with E-state index in [9.17, 15) is 9.36 Å². The van der Waals surface area contributed by atoms with Crippen LogP contribution in [0.3, 0.4) is 0 Å². The average molecular weight is 258 g/mol. The van der Waals surface area contributed by atoms with Crippen LogP contribution in [0.4, 0.5) is 4.79 Å². The molecule has 1 rings (SSSR count). The number of hydrogen-bond acceptors (Lipinski definition) is 4. The van der Waals surface area contributed by atoms with Gasteiger partial charge in [0.15, 0.2) is 6.23 Å². The van der Waals surface area contributed by atoms with Crippen LogP contribution in [0.15, 0.2) is 30.3 Å². The van der Waals surface area contributed by atoms with Gasteiger partial charge in [0.25, 0.3) is 0 Å². The highest BCUT2D eigenvalue weighted by Crippen LogP contribution is 2.16. The molecular weight excluding hydrogens is 245 g/mol. The van der Waals surface area contributed by atoms with Crippen molar-refractivity contribution < 1.29 is 23.5 Å². The highest BCUT2D eigenvalue weighted by molar-refractivity contribution is 7.32. The summed E-state index contributed by atoms with van der Waals surface area (Å²) >= 11 is 0. The minimum Gasteiger partial charge on any atom is -0.445 e. The fourth-order valence-electron chi connectivity index (χ4n) is 1.09. The van der Waals surface area contributed by atoms with Gasteiger partial charge in [0.1, 0.15) is 6.61 Å². The van der Waals surface area contributed by atoms with Crippen LogP contribution in [0.2, 0.25) is 0 Å². The molecule has 0 saturated heterocycles. The largest absolute Gasteiger partial charge is 0.696 e. The maximum Gasteiger partial charge on any atom is 0.696 e. The lowest BCUT2D eigenvalue weighted by Crippen LogP contribution is -2.33. The van der Waals surface area contributed by atoms with Crippen molar-refractivity contribution in [3.05, 3.63) is 35.9 Å². The summed E-state index contributed by atoms with van der Waals surface area (Å²) in [6.07, 6.45) is -1.59. The van der Waals surface area contributed by atoms with Gasteiger partial charge >= 0.3 is 14.3 Å².